The fourth-order valence-electron chi connectivity index (χ4n) is 3.71. The number of imidazole rings is 1. The Morgan fingerprint density at radius 2 is 1.66 bits per heavy atom. The highest BCUT2D eigenvalue weighted by Gasteiger charge is 2.14. The summed E-state index contributed by atoms with van der Waals surface area (Å²) in [7, 11) is 1.66. The van der Waals surface area contributed by atoms with Crippen LogP contribution in [0.5, 0.6) is 11.5 Å². The lowest BCUT2D eigenvalue weighted by molar-refractivity contribution is 0.283. The van der Waals surface area contributed by atoms with Gasteiger partial charge in [-0.3, -0.25) is 0 Å². The second-order valence-corrected chi connectivity index (χ2v) is 7.25. The van der Waals surface area contributed by atoms with Crippen LogP contribution in [0.2, 0.25) is 0 Å². The van der Waals surface area contributed by atoms with Gasteiger partial charge in [-0.25, -0.2) is 4.98 Å². The second-order valence-electron chi connectivity index (χ2n) is 7.25. The smallest absolute Gasteiger partial charge is 0.161 e. The highest BCUT2D eigenvalue weighted by molar-refractivity contribution is 5.81. The molecule has 148 valence electrons. The summed E-state index contributed by atoms with van der Waals surface area (Å²) in [5, 5.41) is 0. The van der Waals surface area contributed by atoms with Crippen molar-refractivity contribution in [1.82, 2.24) is 9.55 Å². The van der Waals surface area contributed by atoms with Crippen molar-refractivity contribution in [2.45, 2.75) is 26.8 Å². The zero-order valence-electron chi connectivity index (χ0n) is 17.2. The second kappa shape index (κ2) is 8.39. The van der Waals surface area contributed by atoms with Crippen molar-refractivity contribution in [3.05, 3.63) is 77.9 Å². The number of methoxy groups -OCH3 is 1. The average molecular weight is 386 g/mol. The maximum atomic E-state index is 5.96. The Morgan fingerprint density at radius 1 is 0.897 bits per heavy atom. The van der Waals surface area contributed by atoms with E-state index in [-0.39, 0.29) is 0 Å². The van der Waals surface area contributed by atoms with Crippen molar-refractivity contribution < 1.29 is 9.47 Å². The molecule has 4 nitrogen and oxygen atoms in total. The van der Waals surface area contributed by atoms with Crippen LogP contribution in [0.3, 0.4) is 0 Å². The predicted molar refractivity (Wildman–Crippen MR) is 118 cm³/mol. The number of aryl methyl sites for hydroxylation is 3. The molecule has 0 amide bonds. The van der Waals surface area contributed by atoms with Crippen molar-refractivity contribution in [1.29, 1.82) is 0 Å². The summed E-state index contributed by atoms with van der Waals surface area (Å²) in [5.74, 6) is 2.55. The van der Waals surface area contributed by atoms with E-state index < -0.39 is 0 Å². The van der Waals surface area contributed by atoms with E-state index in [2.05, 4.69) is 54.8 Å². The molecule has 0 unspecified atom stereocenters. The molecule has 4 heteroatoms. The number of rotatable bonds is 7. The van der Waals surface area contributed by atoms with Gasteiger partial charge in [0.1, 0.15) is 5.82 Å². The maximum Gasteiger partial charge on any atom is 0.161 e. The fraction of sp³-hybridized carbons (Fsp3) is 0.240. The zero-order valence-corrected chi connectivity index (χ0v) is 17.2. The first-order valence-corrected chi connectivity index (χ1v) is 9.96. The number of hydrogen-bond acceptors (Lipinski definition) is 3. The number of nitrogens with zero attached hydrogens (tertiary/aromatic N) is 2. The van der Waals surface area contributed by atoms with Crippen molar-refractivity contribution in [3.63, 3.8) is 0 Å². The zero-order chi connectivity index (χ0) is 20.2. The SMILES string of the molecule is COc1ccccc1OCCCn1c(-c2ccc(C)cc2C)nc2ccccc21. The number of hydrogen-bond donors (Lipinski definition) is 0. The molecule has 4 rings (SSSR count). The molecule has 29 heavy (non-hydrogen) atoms. The number of benzene rings is 3. The lowest BCUT2D eigenvalue weighted by Gasteiger charge is -2.13. The molecule has 0 fully saturated rings. The van der Waals surface area contributed by atoms with Crippen LogP contribution < -0.4 is 9.47 Å². The van der Waals surface area contributed by atoms with E-state index in [0.29, 0.717) is 6.61 Å². The standard InChI is InChI=1S/C25H26N2O2/c1-18-13-14-20(19(2)17-18)25-26-21-9-4-5-10-22(21)27(25)15-8-16-29-24-12-7-6-11-23(24)28-3/h4-7,9-14,17H,8,15-16H2,1-3H3. The Labute approximate surface area is 171 Å². The predicted octanol–water partition coefficient (Wildman–Crippen LogP) is 5.80. The normalized spacial score (nSPS) is 11.0. The van der Waals surface area contributed by atoms with Crippen LogP contribution in [0.1, 0.15) is 17.5 Å². The highest BCUT2D eigenvalue weighted by atomic mass is 16.5. The highest BCUT2D eigenvalue weighted by Crippen LogP contribution is 2.29. The molecule has 0 saturated heterocycles. The third kappa shape index (κ3) is 3.97. The molecular weight excluding hydrogens is 360 g/mol. The van der Waals surface area contributed by atoms with Crippen molar-refractivity contribution in [2.75, 3.05) is 13.7 Å². The quantitative estimate of drug-likeness (QED) is 0.377. The summed E-state index contributed by atoms with van der Waals surface area (Å²) in [6, 6.07) is 22.6. The van der Waals surface area contributed by atoms with Gasteiger partial charge in [0.2, 0.25) is 0 Å². The largest absolute Gasteiger partial charge is 0.493 e. The van der Waals surface area contributed by atoms with Gasteiger partial charge in [-0.05, 0) is 50.1 Å². The van der Waals surface area contributed by atoms with E-state index in [1.165, 1.54) is 16.7 Å². The van der Waals surface area contributed by atoms with Gasteiger partial charge in [0.05, 0.1) is 24.8 Å². The Balaban J connectivity index is 1.58. The van der Waals surface area contributed by atoms with Crippen molar-refractivity contribution in [2.24, 2.45) is 0 Å². The van der Waals surface area contributed by atoms with E-state index in [4.69, 9.17) is 14.5 Å². The lowest BCUT2D eigenvalue weighted by atomic mass is 10.1. The Kier molecular flexibility index (Phi) is 5.52. The molecule has 4 aromatic rings. The minimum atomic E-state index is 0.610. The average Bonchev–Trinajstić information content (AvgIpc) is 3.09. The maximum absolute atomic E-state index is 5.96. The van der Waals surface area contributed by atoms with Crippen molar-refractivity contribution >= 4 is 11.0 Å². The number of fused-ring (bicyclic) bond motifs is 1. The topological polar surface area (TPSA) is 36.3 Å². The van der Waals surface area contributed by atoms with Gasteiger partial charge in [0.15, 0.2) is 11.5 Å². The molecular formula is C25H26N2O2. The van der Waals surface area contributed by atoms with E-state index in [1.807, 2.05) is 30.3 Å². The fourth-order valence-corrected chi connectivity index (χ4v) is 3.71. The summed E-state index contributed by atoms with van der Waals surface area (Å²) < 4.78 is 13.6. The molecule has 0 saturated carbocycles. The van der Waals surface area contributed by atoms with Crippen LogP contribution in [-0.2, 0) is 6.54 Å². The summed E-state index contributed by atoms with van der Waals surface area (Å²) >= 11 is 0. The Morgan fingerprint density at radius 3 is 2.45 bits per heavy atom. The number of para-hydroxylation sites is 4. The van der Waals surface area contributed by atoms with Crippen LogP contribution in [0.15, 0.2) is 66.7 Å². The minimum absolute atomic E-state index is 0.610. The monoisotopic (exact) mass is 386 g/mol. The molecule has 0 atom stereocenters. The molecule has 0 spiro atoms. The summed E-state index contributed by atoms with van der Waals surface area (Å²) in [5.41, 5.74) is 5.86. The summed E-state index contributed by atoms with van der Waals surface area (Å²) in [6.07, 6.45) is 0.871. The van der Waals surface area contributed by atoms with Gasteiger partial charge in [0.25, 0.3) is 0 Å². The van der Waals surface area contributed by atoms with E-state index >= 15 is 0 Å². The van der Waals surface area contributed by atoms with Gasteiger partial charge in [-0.1, -0.05) is 48.0 Å². The number of ether oxygens (including phenoxy) is 2. The third-order valence-corrected chi connectivity index (χ3v) is 5.13. The van der Waals surface area contributed by atoms with Crippen molar-refractivity contribution in [3.8, 4) is 22.9 Å². The molecule has 0 radical (unpaired) electrons. The van der Waals surface area contributed by atoms with Crippen LogP contribution in [0.4, 0.5) is 0 Å². The van der Waals surface area contributed by atoms with Crippen LogP contribution in [0.25, 0.3) is 22.4 Å². The first kappa shape index (κ1) is 19.1. The first-order valence-electron chi connectivity index (χ1n) is 9.96. The molecule has 0 aliphatic carbocycles. The Hall–Kier alpha value is -3.27. The molecule has 0 N–H and O–H groups in total. The van der Waals surface area contributed by atoms with E-state index in [1.54, 1.807) is 7.11 Å². The molecule has 0 aliphatic heterocycles. The van der Waals surface area contributed by atoms with Crippen LogP contribution >= 0.6 is 0 Å². The Bertz CT molecular complexity index is 1130. The molecule has 1 heterocycles. The lowest BCUT2D eigenvalue weighted by Crippen LogP contribution is -2.07. The molecule has 0 aliphatic rings. The molecule has 3 aromatic carbocycles. The van der Waals surface area contributed by atoms with Gasteiger partial charge >= 0.3 is 0 Å². The van der Waals surface area contributed by atoms with Gasteiger partial charge in [0, 0.05) is 12.1 Å². The van der Waals surface area contributed by atoms with Gasteiger partial charge in [-0.2, -0.15) is 0 Å². The third-order valence-electron chi connectivity index (χ3n) is 5.13. The number of aromatic nitrogens is 2. The molecule has 1 aromatic heterocycles. The van der Waals surface area contributed by atoms with E-state index in [9.17, 15) is 0 Å². The summed E-state index contributed by atoms with van der Waals surface area (Å²) in [6.45, 7) is 5.71. The van der Waals surface area contributed by atoms with Gasteiger partial charge in [-0.15, -0.1) is 0 Å². The summed E-state index contributed by atoms with van der Waals surface area (Å²) in [4.78, 5) is 4.94. The molecule has 0 bridgehead atoms. The van der Waals surface area contributed by atoms with E-state index in [0.717, 1.165) is 41.3 Å². The van der Waals surface area contributed by atoms with Gasteiger partial charge < -0.3 is 14.0 Å². The van der Waals surface area contributed by atoms with Crippen LogP contribution in [-0.4, -0.2) is 23.3 Å². The minimum Gasteiger partial charge on any atom is -0.493 e. The van der Waals surface area contributed by atoms with Crippen LogP contribution in [0, 0.1) is 13.8 Å². The first-order chi connectivity index (χ1) is 14.2.